The molecule has 9 nitrogen and oxygen atoms in total. The molecule has 2 aliphatic heterocycles. The zero-order valence-electron chi connectivity index (χ0n) is 20.1. The van der Waals surface area contributed by atoms with Gasteiger partial charge in [0.2, 0.25) is 5.91 Å². The van der Waals surface area contributed by atoms with Crippen molar-refractivity contribution in [3.63, 3.8) is 0 Å². The molecule has 186 valence electrons. The fourth-order valence-corrected chi connectivity index (χ4v) is 5.58. The first kappa shape index (κ1) is 23.1. The highest BCUT2D eigenvalue weighted by Crippen LogP contribution is 2.30. The van der Waals surface area contributed by atoms with Crippen LogP contribution in [-0.4, -0.2) is 81.6 Å². The number of rotatable bonds is 7. The number of hydrogen-bond acceptors (Lipinski definition) is 8. The maximum absolute atomic E-state index is 12.7. The van der Waals surface area contributed by atoms with E-state index < -0.39 is 0 Å². The van der Waals surface area contributed by atoms with E-state index in [9.17, 15) is 4.79 Å². The first-order valence-electron chi connectivity index (χ1n) is 12.4. The molecule has 36 heavy (non-hydrogen) atoms. The first-order chi connectivity index (χ1) is 17.7. The number of aromatic amines is 1. The normalized spacial score (nSPS) is 17.0. The van der Waals surface area contributed by atoms with Crippen molar-refractivity contribution in [1.82, 2.24) is 29.7 Å². The van der Waals surface area contributed by atoms with Crippen LogP contribution in [0, 0.1) is 0 Å². The fourth-order valence-electron chi connectivity index (χ4n) is 4.86. The second-order valence-corrected chi connectivity index (χ2v) is 10.1. The van der Waals surface area contributed by atoms with Crippen LogP contribution in [0.1, 0.15) is 25.0 Å². The highest BCUT2D eigenvalue weighted by molar-refractivity contribution is 7.16. The number of hydrogen-bond donors (Lipinski definition) is 2. The minimum atomic E-state index is 0.241. The zero-order chi connectivity index (χ0) is 24.3. The quantitative estimate of drug-likeness (QED) is 0.393. The van der Waals surface area contributed by atoms with Gasteiger partial charge < -0.3 is 19.9 Å². The minimum Gasteiger partial charge on any atom is -0.379 e. The maximum atomic E-state index is 12.7. The lowest BCUT2D eigenvalue weighted by Crippen LogP contribution is -2.38. The van der Waals surface area contributed by atoms with Gasteiger partial charge in [0.25, 0.3) is 0 Å². The van der Waals surface area contributed by atoms with E-state index >= 15 is 0 Å². The summed E-state index contributed by atoms with van der Waals surface area (Å²) in [5.74, 6) is 1.00. The second-order valence-electron chi connectivity index (χ2n) is 9.20. The van der Waals surface area contributed by atoms with E-state index in [-0.39, 0.29) is 5.91 Å². The van der Waals surface area contributed by atoms with Crippen LogP contribution < -0.4 is 5.32 Å². The highest BCUT2D eigenvalue weighted by Gasteiger charge is 2.20. The Labute approximate surface area is 213 Å². The molecule has 1 fully saturated rings. The summed E-state index contributed by atoms with van der Waals surface area (Å²) >= 11 is 1.62. The molecule has 0 unspecified atom stereocenters. The summed E-state index contributed by atoms with van der Waals surface area (Å²) in [5, 5.41) is 4.38. The number of nitrogens with zero attached hydrogens (tertiary/aromatic N) is 5. The van der Waals surface area contributed by atoms with Crippen LogP contribution >= 0.6 is 11.3 Å². The Morgan fingerprint density at radius 3 is 2.92 bits per heavy atom. The summed E-state index contributed by atoms with van der Waals surface area (Å²) in [5.41, 5.74) is 6.86. The van der Waals surface area contributed by atoms with Gasteiger partial charge in [0, 0.05) is 44.0 Å². The van der Waals surface area contributed by atoms with E-state index in [0.717, 1.165) is 90.7 Å². The monoisotopic (exact) mass is 503 g/mol. The van der Waals surface area contributed by atoms with Gasteiger partial charge >= 0.3 is 0 Å². The SMILES string of the molecule is O=C(CCCN1CCOCC1)N1CC=C(c2cc3c(Nc4ccc5ncsc5c4)ncnc3[nH]2)CC1. The van der Waals surface area contributed by atoms with E-state index in [1.165, 1.54) is 5.57 Å². The molecule has 1 aromatic carbocycles. The first-order valence-corrected chi connectivity index (χ1v) is 13.3. The molecule has 0 atom stereocenters. The molecule has 0 spiro atoms. The van der Waals surface area contributed by atoms with Crippen molar-refractivity contribution in [3.8, 4) is 0 Å². The van der Waals surface area contributed by atoms with Gasteiger partial charge in [0.05, 0.1) is 34.3 Å². The van der Waals surface area contributed by atoms with E-state index in [0.29, 0.717) is 13.0 Å². The summed E-state index contributed by atoms with van der Waals surface area (Å²) in [6, 6.07) is 8.22. The lowest BCUT2D eigenvalue weighted by atomic mass is 10.0. The Hall–Kier alpha value is -3.34. The number of ether oxygens (including phenoxy) is 1. The Morgan fingerprint density at radius 1 is 1.14 bits per heavy atom. The van der Waals surface area contributed by atoms with Gasteiger partial charge in [0.1, 0.15) is 17.8 Å². The number of fused-ring (bicyclic) bond motifs is 2. The predicted molar refractivity (Wildman–Crippen MR) is 142 cm³/mol. The Kier molecular flexibility index (Phi) is 6.63. The van der Waals surface area contributed by atoms with E-state index in [2.05, 4.69) is 48.4 Å². The molecule has 2 N–H and O–H groups in total. The van der Waals surface area contributed by atoms with Crippen molar-refractivity contribution in [2.24, 2.45) is 0 Å². The number of amides is 1. The molecular weight excluding hydrogens is 474 g/mol. The number of carbonyl (C=O) groups is 1. The lowest BCUT2D eigenvalue weighted by Gasteiger charge is -2.28. The third kappa shape index (κ3) is 4.97. The van der Waals surface area contributed by atoms with Crippen LogP contribution in [0.25, 0.3) is 26.8 Å². The van der Waals surface area contributed by atoms with Crippen molar-refractivity contribution in [2.75, 3.05) is 51.3 Å². The average molecular weight is 504 g/mol. The Bertz CT molecular complexity index is 1410. The molecule has 0 aliphatic carbocycles. The average Bonchev–Trinajstić information content (AvgIpc) is 3.57. The largest absolute Gasteiger partial charge is 0.379 e. The third-order valence-electron chi connectivity index (χ3n) is 6.90. The molecule has 4 aromatic rings. The number of nitrogens with one attached hydrogen (secondary N) is 2. The van der Waals surface area contributed by atoms with Gasteiger partial charge in [-0.2, -0.15) is 0 Å². The summed E-state index contributed by atoms with van der Waals surface area (Å²) in [4.78, 5) is 33.8. The molecular formula is C26H29N7O2S. The Balaban J connectivity index is 1.10. The molecule has 1 saturated heterocycles. The highest BCUT2D eigenvalue weighted by atomic mass is 32.1. The number of anilines is 2. The maximum Gasteiger partial charge on any atom is 0.222 e. The van der Waals surface area contributed by atoms with E-state index in [1.54, 1.807) is 17.7 Å². The molecule has 1 amide bonds. The number of thiazole rings is 1. The van der Waals surface area contributed by atoms with Crippen molar-refractivity contribution < 1.29 is 9.53 Å². The van der Waals surface area contributed by atoms with Crippen molar-refractivity contribution in [2.45, 2.75) is 19.3 Å². The standard InChI is InChI=1S/C26H29N7O2S/c34-24(2-1-7-32-10-12-35-13-11-32)33-8-5-18(6-9-33)22-15-20-25(27-16-28-26(20)31-22)30-19-3-4-21-23(14-19)36-17-29-21/h3-5,14-17H,1-2,6-13H2,(H2,27,28,30,31). The number of morpholine rings is 1. The molecule has 10 heteroatoms. The smallest absolute Gasteiger partial charge is 0.222 e. The number of benzene rings is 1. The molecule has 5 heterocycles. The molecule has 0 radical (unpaired) electrons. The fraction of sp³-hybridized carbons (Fsp3) is 0.385. The van der Waals surface area contributed by atoms with Crippen LogP contribution in [-0.2, 0) is 9.53 Å². The van der Waals surface area contributed by atoms with Gasteiger partial charge in [-0.3, -0.25) is 9.69 Å². The molecule has 6 rings (SSSR count). The van der Waals surface area contributed by atoms with Gasteiger partial charge in [0.15, 0.2) is 0 Å². The summed E-state index contributed by atoms with van der Waals surface area (Å²) in [7, 11) is 0. The van der Waals surface area contributed by atoms with Crippen LogP contribution in [0.4, 0.5) is 11.5 Å². The lowest BCUT2D eigenvalue weighted by molar-refractivity contribution is -0.131. The molecule has 0 saturated carbocycles. The van der Waals surface area contributed by atoms with Crippen LogP contribution in [0.2, 0.25) is 0 Å². The second kappa shape index (κ2) is 10.3. The number of H-pyrrole nitrogens is 1. The van der Waals surface area contributed by atoms with Crippen LogP contribution in [0.5, 0.6) is 0 Å². The van der Waals surface area contributed by atoms with Gasteiger partial charge in [-0.1, -0.05) is 6.08 Å². The summed E-state index contributed by atoms with van der Waals surface area (Å²) in [6.07, 6.45) is 6.05. The summed E-state index contributed by atoms with van der Waals surface area (Å²) < 4.78 is 6.53. The van der Waals surface area contributed by atoms with Crippen LogP contribution in [0.15, 0.2) is 42.2 Å². The molecule has 3 aromatic heterocycles. The van der Waals surface area contributed by atoms with E-state index in [1.807, 2.05) is 22.5 Å². The van der Waals surface area contributed by atoms with Crippen LogP contribution in [0.3, 0.4) is 0 Å². The minimum absolute atomic E-state index is 0.241. The Morgan fingerprint density at radius 2 is 2.06 bits per heavy atom. The number of carbonyl (C=O) groups excluding carboxylic acids is 1. The van der Waals surface area contributed by atoms with Gasteiger partial charge in [-0.25, -0.2) is 15.0 Å². The van der Waals surface area contributed by atoms with Crippen molar-refractivity contribution >= 4 is 55.6 Å². The molecule has 2 aliphatic rings. The van der Waals surface area contributed by atoms with Gasteiger partial charge in [-0.15, -0.1) is 11.3 Å². The third-order valence-corrected chi connectivity index (χ3v) is 7.69. The van der Waals surface area contributed by atoms with Crippen molar-refractivity contribution in [3.05, 3.63) is 47.9 Å². The zero-order valence-corrected chi connectivity index (χ0v) is 20.9. The topological polar surface area (TPSA) is 99.3 Å². The predicted octanol–water partition coefficient (Wildman–Crippen LogP) is 4.04. The van der Waals surface area contributed by atoms with Crippen molar-refractivity contribution in [1.29, 1.82) is 0 Å². The number of aromatic nitrogens is 4. The molecule has 0 bridgehead atoms. The summed E-state index contributed by atoms with van der Waals surface area (Å²) in [6.45, 7) is 5.89. The van der Waals surface area contributed by atoms with Gasteiger partial charge in [-0.05, 0) is 49.2 Å². The van der Waals surface area contributed by atoms with E-state index in [4.69, 9.17) is 4.74 Å².